The molecule has 0 radical (unpaired) electrons. The maximum atomic E-state index is 12.1. The van der Waals surface area contributed by atoms with Crippen LogP contribution in [0.15, 0.2) is 60.7 Å². The van der Waals surface area contributed by atoms with E-state index in [9.17, 15) is 9.59 Å². The number of carbonyl (C=O) groups excluding carboxylic acids is 2. The molecule has 0 bridgehead atoms. The Hall–Kier alpha value is -2.62. The van der Waals surface area contributed by atoms with E-state index in [-0.39, 0.29) is 5.97 Å². The van der Waals surface area contributed by atoms with Crippen LogP contribution < -0.4 is 0 Å². The van der Waals surface area contributed by atoms with E-state index in [0.717, 1.165) is 5.56 Å². The van der Waals surface area contributed by atoms with E-state index in [1.165, 1.54) is 7.11 Å². The summed E-state index contributed by atoms with van der Waals surface area (Å²) in [4.78, 5) is 24.2. The summed E-state index contributed by atoms with van der Waals surface area (Å²) in [6.45, 7) is 1.71. The van der Waals surface area contributed by atoms with Crippen LogP contribution in [-0.4, -0.2) is 25.2 Å². The van der Waals surface area contributed by atoms with Crippen LogP contribution >= 0.6 is 0 Å². The first-order valence-electron chi connectivity index (χ1n) is 7.49. The highest BCUT2D eigenvalue weighted by molar-refractivity contribution is 5.89. The molecule has 2 rings (SSSR count). The van der Waals surface area contributed by atoms with Crippen LogP contribution in [0.4, 0.5) is 0 Å². The Balaban J connectivity index is 2.09. The van der Waals surface area contributed by atoms with Gasteiger partial charge in [0.1, 0.15) is 6.10 Å². The van der Waals surface area contributed by atoms with E-state index in [0.29, 0.717) is 12.0 Å². The summed E-state index contributed by atoms with van der Waals surface area (Å²) >= 11 is 0. The molecule has 0 saturated heterocycles. The lowest BCUT2D eigenvalue weighted by Crippen LogP contribution is -2.33. The SMILES string of the molecule is COC(=O)C(Cc1ccccc1)C(C)OC(=O)c1ccccc1. The van der Waals surface area contributed by atoms with Crippen LogP contribution in [0.2, 0.25) is 0 Å². The van der Waals surface area contributed by atoms with Crippen LogP contribution in [0, 0.1) is 5.92 Å². The van der Waals surface area contributed by atoms with Crippen LogP contribution in [-0.2, 0) is 20.7 Å². The maximum Gasteiger partial charge on any atom is 0.338 e. The number of rotatable bonds is 6. The third-order valence-corrected chi connectivity index (χ3v) is 3.67. The smallest absolute Gasteiger partial charge is 0.338 e. The van der Waals surface area contributed by atoms with Gasteiger partial charge in [-0.05, 0) is 31.0 Å². The van der Waals surface area contributed by atoms with E-state index in [1.54, 1.807) is 31.2 Å². The number of ether oxygens (including phenoxy) is 2. The number of benzene rings is 2. The van der Waals surface area contributed by atoms with Gasteiger partial charge in [-0.3, -0.25) is 4.79 Å². The van der Waals surface area contributed by atoms with Crippen molar-refractivity contribution in [3.05, 3.63) is 71.8 Å². The number of hydrogen-bond acceptors (Lipinski definition) is 4. The summed E-state index contributed by atoms with van der Waals surface area (Å²) in [5.41, 5.74) is 1.45. The number of carbonyl (C=O) groups is 2. The van der Waals surface area contributed by atoms with E-state index in [1.807, 2.05) is 36.4 Å². The third kappa shape index (κ3) is 4.68. The summed E-state index contributed by atoms with van der Waals surface area (Å²) in [5.74, 6) is -1.38. The molecular weight excluding hydrogens is 292 g/mol. The molecule has 4 nitrogen and oxygen atoms in total. The summed E-state index contributed by atoms with van der Waals surface area (Å²) < 4.78 is 10.3. The lowest BCUT2D eigenvalue weighted by molar-refractivity contribution is -0.149. The number of methoxy groups -OCH3 is 1. The molecule has 0 fully saturated rings. The molecule has 0 spiro atoms. The van der Waals surface area contributed by atoms with Crippen molar-refractivity contribution in [1.29, 1.82) is 0 Å². The van der Waals surface area contributed by atoms with E-state index < -0.39 is 18.0 Å². The molecule has 23 heavy (non-hydrogen) atoms. The van der Waals surface area contributed by atoms with E-state index in [4.69, 9.17) is 9.47 Å². The zero-order valence-electron chi connectivity index (χ0n) is 13.3. The molecule has 0 aliphatic heterocycles. The maximum absolute atomic E-state index is 12.1. The quantitative estimate of drug-likeness (QED) is 0.768. The summed E-state index contributed by atoms with van der Waals surface area (Å²) in [6, 6.07) is 18.3. The molecule has 2 unspecified atom stereocenters. The van der Waals surface area contributed by atoms with Crippen LogP contribution in [0.3, 0.4) is 0 Å². The van der Waals surface area contributed by atoms with Crippen molar-refractivity contribution < 1.29 is 19.1 Å². The van der Waals surface area contributed by atoms with Crippen molar-refractivity contribution in [2.45, 2.75) is 19.4 Å². The van der Waals surface area contributed by atoms with Gasteiger partial charge in [0.25, 0.3) is 0 Å². The van der Waals surface area contributed by atoms with Crippen LogP contribution in [0.1, 0.15) is 22.8 Å². The molecule has 0 heterocycles. The average molecular weight is 312 g/mol. The highest BCUT2D eigenvalue weighted by Gasteiger charge is 2.29. The molecule has 2 aromatic rings. The Morgan fingerprint density at radius 2 is 1.52 bits per heavy atom. The Bertz CT molecular complexity index is 637. The van der Waals surface area contributed by atoms with Gasteiger partial charge < -0.3 is 9.47 Å². The second kappa shape index (κ2) is 8.13. The highest BCUT2D eigenvalue weighted by Crippen LogP contribution is 2.18. The molecule has 0 N–H and O–H groups in total. The Labute approximate surface area is 136 Å². The van der Waals surface area contributed by atoms with Crippen molar-refractivity contribution >= 4 is 11.9 Å². The van der Waals surface area contributed by atoms with E-state index >= 15 is 0 Å². The first-order valence-corrected chi connectivity index (χ1v) is 7.49. The van der Waals surface area contributed by atoms with Gasteiger partial charge in [0.05, 0.1) is 18.6 Å². The minimum atomic E-state index is -0.588. The fourth-order valence-corrected chi connectivity index (χ4v) is 2.35. The van der Waals surface area contributed by atoms with Gasteiger partial charge in [-0.2, -0.15) is 0 Å². The van der Waals surface area contributed by atoms with Crippen molar-refractivity contribution in [3.63, 3.8) is 0 Å². The van der Waals surface area contributed by atoms with Gasteiger partial charge in [0, 0.05) is 0 Å². The molecule has 0 aromatic heterocycles. The summed E-state index contributed by atoms with van der Waals surface area (Å²) in [7, 11) is 1.34. The topological polar surface area (TPSA) is 52.6 Å². The van der Waals surface area contributed by atoms with Gasteiger partial charge in [-0.25, -0.2) is 4.79 Å². The number of hydrogen-bond donors (Lipinski definition) is 0. The zero-order chi connectivity index (χ0) is 16.7. The molecule has 0 saturated carbocycles. The minimum Gasteiger partial charge on any atom is -0.469 e. The van der Waals surface area contributed by atoms with Gasteiger partial charge in [-0.1, -0.05) is 48.5 Å². The Morgan fingerprint density at radius 3 is 2.09 bits per heavy atom. The first kappa shape index (κ1) is 16.7. The summed E-state index contributed by atoms with van der Waals surface area (Å²) in [5, 5.41) is 0. The average Bonchev–Trinajstić information content (AvgIpc) is 2.60. The predicted octanol–water partition coefficient (Wildman–Crippen LogP) is 3.26. The third-order valence-electron chi connectivity index (χ3n) is 3.67. The molecule has 4 heteroatoms. The Kier molecular flexibility index (Phi) is 5.92. The van der Waals surface area contributed by atoms with Gasteiger partial charge in [0.15, 0.2) is 0 Å². The van der Waals surface area contributed by atoms with Crippen molar-refractivity contribution in [3.8, 4) is 0 Å². The normalized spacial score (nSPS) is 13.0. The van der Waals surface area contributed by atoms with Crippen molar-refractivity contribution in [2.75, 3.05) is 7.11 Å². The lowest BCUT2D eigenvalue weighted by Gasteiger charge is -2.22. The molecule has 120 valence electrons. The van der Waals surface area contributed by atoms with E-state index in [2.05, 4.69) is 0 Å². The second-order valence-corrected chi connectivity index (χ2v) is 5.30. The monoisotopic (exact) mass is 312 g/mol. The first-order chi connectivity index (χ1) is 11.1. The van der Waals surface area contributed by atoms with Crippen LogP contribution in [0.5, 0.6) is 0 Å². The fraction of sp³-hybridized carbons (Fsp3) is 0.263. The zero-order valence-corrected chi connectivity index (χ0v) is 13.3. The molecule has 2 atom stereocenters. The fourth-order valence-electron chi connectivity index (χ4n) is 2.35. The summed E-state index contributed by atoms with van der Waals surface area (Å²) in [6.07, 6.45) is -0.133. The predicted molar refractivity (Wildman–Crippen MR) is 87.0 cm³/mol. The molecule has 0 amide bonds. The lowest BCUT2D eigenvalue weighted by atomic mass is 9.94. The van der Waals surface area contributed by atoms with Crippen LogP contribution in [0.25, 0.3) is 0 Å². The Morgan fingerprint density at radius 1 is 0.957 bits per heavy atom. The molecule has 0 aliphatic rings. The molecule has 2 aromatic carbocycles. The number of esters is 2. The van der Waals surface area contributed by atoms with Crippen molar-refractivity contribution in [1.82, 2.24) is 0 Å². The van der Waals surface area contributed by atoms with Gasteiger partial charge >= 0.3 is 11.9 Å². The van der Waals surface area contributed by atoms with Crippen molar-refractivity contribution in [2.24, 2.45) is 5.92 Å². The van der Waals surface area contributed by atoms with Gasteiger partial charge in [-0.15, -0.1) is 0 Å². The largest absolute Gasteiger partial charge is 0.469 e. The van der Waals surface area contributed by atoms with Gasteiger partial charge in [0.2, 0.25) is 0 Å². The standard InChI is InChI=1S/C19H20O4/c1-14(23-18(20)16-11-7-4-8-12-16)17(19(21)22-2)13-15-9-5-3-6-10-15/h3-12,14,17H,13H2,1-2H3. The minimum absolute atomic E-state index is 0.387. The molecule has 0 aliphatic carbocycles. The molecular formula is C19H20O4. The second-order valence-electron chi connectivity index (χ2n) is 5.30. The highest BCUT2D eigenvalue weighted by atomic mass is 16.6.